The molecule has 1 N–H and O–H groups in total. The van der Waals surface area contributed by atoms with E-state index in [1.54, 1.807) is 62.4 Å². The van der Waals surface area contributed by atoms with Gasteiger partial charge in [-0.15, -0.1) is 0 Å². The number of nitrogens with zero attached hydrogens (tertiary/aromatic N) is 2. The largest absolute Gasteiger partial charge is 0.357 e. The van der Waals surface area contributed by atoms with Gasteiger partial charge in [0.05, 0.1) is 20.6 Å². The summed E-state index contributed by atoms with van der Waals surface area (Å²) < 4.78 is 28.4. The Morgan fingerprint density at radius 2 is 1.59 bits per heavy atom. The van der Waals surface area contributed by atoms with Crippen LogP contribution in [-0.2, 0) is 26.2 Å². The third-order valence-corrected chi connectivity index (χ3v) is 8.74. The Labute approximate surface area is 232 Å². The van der Waals surface area contributed by atoms with Gasteiger partial charge in [-0.05, 0) is 61.4 Å². The van der Waals surface area contributed by atoms with E-state index in [0.717, 1.165) is 9.87 Å². The van der Waals surface area contributed by atoms with Crippen molar-refractivity contribution in [1.29, 1.82) is 0 Å². The third kappa shape index (κ3) is 6.76. The van der Waals surface area contributed by atoms with Gasteiger partial charge in [-0.1, -0.05) is 65.1 Å². The number of anilines is 1. The first-order valence-electron chi connectivity index (χ1n) is 11.2. The summed E-state index contributed by atoms with van der Waals surface area (Å²) in [7, 11) is -2.70. The van der Waals surface area contributed by atoms with Crippen molar-refractivity contribution in [3.8, 4) is 0 Å². The van der Waals surface area contributed by atoms with Crippen LogP contribution in [0.4, 0.5) is 5.69 Å². The summed E-state index contributed by atoms with van der Waals surface area (Å²) in [5, 5.41) is 3.52. The number of likely N-dealkylation sites (N-methyl/N-ethyl adjacent to an activating group) is 1. The summed E-state index contributed by atoms with van der Waals surface area (Å²) in [6.07, 6.45) is 0. The van der Waals surface area contributed by atoms with Crippen molar-refractivity contribution in [2.75, 3.05) is 17.9 Å². The van der Waals surface area contributed by atoms with E-state index in [1.165, 1.54) is 30.1 Å². The van der Waals surface area contributed by atoms with Crippen molar-refractivity contribution >= 4 is 62.3 Å². The molecule has 196 valence electrons. The Balaban J connectivity index is 2.05. The second-order valence-corrected chi connectivity index (χ2v) is 11.4. The number of benzene rings is 3. The number of hydrogen-bond acceptors (Lipinski definition) is 4. The van der Waals surface area contributed by atoms with Gasteiger partial charge in [0, 0.05) is 18.6 Å². The Morgan fingerprint density at radius 1 is 0.919 bits per heavy atom. The van der Waals surface area contributed by atoms with Gasteiger partial charge in [-0.3, -0.25) is 13.9 Å². The lowest BCUT2D eigenvalue weighted by molar-refractivity contribution is -0.139. The molecule has 37 heavy (non-hydrogen) atoms. The summed E-state index contributed by atoms with van der Waals surface area (Å²) in [5.74, 6) is -1.01. The van der Waals surface area contributed by atoms with Crippen LogP contribution in [0.2, 0.25) is 15.1 Å². The van der Waals surface area contributed by atoms with Crippen LogP contribution >= 0.6 is 34.8 Å². The van der Waals surface area contributed by atoms with Gasteiger partial charge < -0.3 is 10.2 Å². The number of halogens is 3. The van der Waals surface area contributed by atoms with E-state index in [4.69, 9.17) is 34.8 Å². The van der Waals surface area contributed by atoms with Crippen LogP contribution in [0.5, 0.6) is 0 Å². The maximum atomic E-state index is 13.7. The molecule has 0 fully saturated rings. The lowest BCUT2D eigenvalue weighted by atomic mass is 10.1. The fourth-order valence-electron chi connectivity index (χ4n) is 3.61. The van der Waals surface area contributed by atoms with E-state index >= 15 is 0 Å². The topological polar surface area (TPSA) is 86.8 Å². The van der Waals surface area contributed by atoms with Crippen molar-refractivity contribution in [3.05, 3.63) is 92.9 Å². The number of carbonyl (C=O) groups excluding carboxylic acids is 2. The molecule has 0 unspecified atom stereocenters. The summed E-state index contributed by atoms with van der Waals surface area (Å²) in [5.41, 5.74) is 1.59. The van der Waals surface area contributed by atoms with Gasteiger partial charge in [-0.2, -0.15) is 0 Å². The number of nitrogens with one attached hydrogen (secondary N) is 1. The quantitative estimate of drug-likeness (QED) is 0.370. The zero-order chi connectivity index (χ0) is 27.3. The Kier molecular flexibility index (Phi) is 9.47. The molecular weight excluding hydrogens is 557 g/mol. The standard InChI is InChI=1S/C26H26Cl3N3O4S/c1-17-9-11-20(14-23(17)28)32(37(35,36)21-7-5-4-6-8-21)16-25(33)31(18(2)26(34)30-3)15-19-10-12-22(27)24(29)13-19/h4-14,18H,15-16H2,1-3H3,(H,30,34)/t18-/m1/s1. The Morgan fingerprint density at radius 3 is 2.19 bits per heavy atom. The van der Waals surface area contributed by atoms with Crippen LogP contribution in [-0.4, -0.2) is 44.8 Å². The molecule has 3 aromatic rings. The average molecular weight is 583 g/mol. The number of hydrogen-bond donors (Lipinski definition) is 1. The van der Waals surface area contributed by atoms with E-state index in [-0.39, 0.29) is 17.1 Å². The van der Waals surface area contributed by atoms with E-state index in [1.807, 2.05) is 0 Å². The maximum Gasteiger partial charge on any atom is 0.264 e. The Bertz CT molecular complexity index is 1400. The minimum Gasteiger partial charge on any atom is -0.357 e. The molecule has 3 aromatic carbocycles. The molecule has 0 aliphatic rings. The summed E-state index contributed by atoms with van der Waals surface area (Å²) in [6.45, 7) is 2.78. The monoisotopic (exact) mass is 581 g/mol. The van der Waals surface area contributed by atoms with Gasteiger partial charge in [0.2, 0.25) is 11.8 Å². The number of sulfonamides is 1. The smallest absolute Gasteiger partial charge is 0.264 e. The highest BCUT2D eigenvalue weighted by molar-refractivity contribution is 7.92. The Hall–Kier alpha value is -2.78. The van der Waals surface area contributed by atoms with Crippen LogP contribution in [0.1, 0.15) is 18.1 Å². The van der Waals surface area contributed by atoms with Gasteiger partial charge in [0.25, 0.3) is 10.0 Å². The van der Waals surface area contributed by atoms with Crippen molar-refractivity contribution < 1.29 is 18.0 Å². The third-order valence-electron chi connectivity index (χ3n) is 5.80. The van der Waals surface area contributed by atoms with Crippen LogP contribution < -0.4 is 9.62 Å². The lowest BCUT2D eigenvalue weighted by Gasteiger charge is -2.32. The van der Waals surface area contributed by atoms with E-state index in [2.05, 4.69) is 5.32 Å². The number of rotatable bonds is 9. The first-order chi connectivity index (χ1) is 17.4. The van der Waals surface area contributed by atoms with E-state index in [0.29, 0.717) is 20.6 Å². The molecule has 0 saturated heterocycles. The van der Waals surface area contributed by atoms with Crippen LogP contribution in [0.25, 0.3) is 0 Å². The summed E-state index contributed by atoms with van der Waals surface area (Å²) in [4.78, 5) is 27.5. The molecule has 0 bridgehead atoms. The second kappa shape index (κ2) is 12.2. The van der Waals surface area contributed by atoms with Gasteiger partial charge in [0.15, 0.2) is 0 Å². The molecule has 0 spiro atoms. The molecule has 0 aromatic heterocycles. The molecule has 0 heterocycles. The normalized spacial score (nSPS) is 12.1. The van der Waals surface area contributed by atoms with Gasteiger partial charge in [0.1, 0.15) is 12.6 Å². The average Bonchev–Trinajstić information content (AvgIpc) is 2.89. The summed E-state index contributed by atoms with van der Waals surface area (Å²) >= 11 is 18.5. The first-order valence-corrected chi connectivity index (χ1v) is 13.8. The second-order valence-electron chi connectivity index (χ2n) is 8.32. The molecule has 1 atom stereocenters. The highest BCUT2D eigenvalue weighted by Gasteiger charge is 2.32. The first kappa shape index (κ1) is 28.8. The molecule has 7 nitrogen and oxygen atoms in total. The number of aryl methyl sites for hydroxylation is 1. The van der Waals surface area contributed by atoms with Crippen molar-refractivity contribution in [3.63, 3.8) is 0 Å². The number of amides is 2. The van der Waals surface area contributed by atoms with E-state index < -0.39 is 34.4 Å². The minimum absolute atomic E-state index is 0.00180. The molecule has 3 rings (SSSR count). The van der Waals surface area contributed by atoms with E-state index in [9.17, 15) is 18.0 Å². The maximum absolute atomic E-state index is 13.7. The SMILES string of the molecule is CNC(=O)[C@@H](C)N(Cc1ccc(Cl)c(Cl)c1)C(=O)CN(c1ccc(C)c(Cl)c1)S(=O)(=O)c1ccccc1. The fourth-order valence-corrected chi connectivity index (χ4v) is 5.53. The van der Waals surface area contributed by atoms with Crippen molar-refractivity contribution in [1.82, 2.24) is 10.2 Å². The predicted molar refractivity (Wildman–Crippen MR) is 148 cm³/mol. The van der Waals surface area contributed by atoms with Crippen LogP contribution in [0.15, 0.2) is 71.6 Å². The summed E-state index contributed by atoms with van der Waals surface area (Å²) in [6, 6.07) is 16.5. The zero-order valence-electron chi connectivity index (χ0n) is 20.4. The molecule has 0 aliphatic heterocycles. The highest BCUT2D eigenvalue weighted by Crippen LogP contribution is 2.29. The highest BCUT2D eigenvalue weighted by atomic mass is 35.5. The van der Waals surface area contributed by atoms with Crippen molar-refractivity contribution in [2.24, 2.45) is 0 Å². The minimum atomic E-state index is -4.16. The molecule has 2 amide bonds. The number of carbonyl (C=O) groups is 2. The molecular formula is C26H26Cl3N3O4S. The molecule has 0 aliphatic carbocycles. The predicted octanol–water partition coefficient (Wildman–Crippen LogP) is 5.31. The molecule has 0 saturated carbocycles. The van der Waals surface area contributed by atoms with Crippen LogP contribution in [0, 0.1) is 6.92 Å². The molecule has 0 radical (unpaired) electrons. The molecule has 11 heteroatoms. The fraction of sp³-hybridized carbons (Fsp3) is 0.231. The van der Waals surface area contributed by atoms with Crippen LogP contribution in [0.3, 0.4) is 0 Å². The zero-order valence-corrected chi connectivity index (χ0v) is 23.5. The van der Waals surface area contributed by atoms with Gasteiger partial charge in [-0.25, -0.2) is 8.42 Å². The van der Waals surface area contributed by atoms with Gasteiger partial charge >= 0.3 is 0 Å². The van der Waals surface area contributed by atoms with Crippen molar-refractivity contribution in [2.45, 2.75) is 31.3 Å². The lowest BCUT2D eigenvalue weighted by Crippen LogP contribution is -2.50.